The number of hydrogen-bond acceptors (Lipinski definition) is 3. The van der Waals surface area contributed by atoms with Crippen molar-refractivity contribution in [3.05, 3.63) is 0 Å². The molecule has 0 aliphatic heterocycles. The Hall–Kier alpha value is 1.11. The van der Waals surface area contributed by atoms with Gasteiger partial charge in [0.25, 0.3) is 0 Å². The first-order valence-corrected chi connectivity index (χ1v) is 17.7. The van der Waals surface area contributed by atoms with Crippen molar-refractivity contribution in [2.24, 2.45) is 0 Å². The quantitative estimate of drug-likeness (QED) is 0.0852. The molecule has 0 spiro atoms. The Morgan fingerprint density at radius 2 is 0.875 bits per heavy atom. The van der Waals surface area contributed by atoms with Gasteiger partial charge in [-0.05, 0) is 59.9 Å². The zero-order valence-electron chi connectivity index (χ0n) is 22.8. The first-order chi connectivity index (χ1) is 15.7. The van der Waals surface area contributed by atoms with Gasteiger partial charge in [0.05, 0.1) is 0 Å². The van der Waals surface area contributed by atoms with Crippen LogP contribution in [0.3, 0.4) is 0 Å². The maximum atomic E-state index is 2.35. The van der Waals surface area contributed by atoms with Crippen LogP contribution in [0.2, 0.25) is 12.6 Å². The van der Waals surface area contributed by atoms with E-state index >= 15 is 0 Å². The monoisotopic (exact) mass is 502 g/mol. The van der Waals surface area contributed by atoms with Crippen molar-refractivity contribution in [3.63, 3.8) is 0 Å². The molecular weight excluding hydrogens is 443 g/mol. The molecule has 192 valence electrons. The minimum absolute atomic E-state index is 0.886. The summed E-state index contributed by atoms with van der Waals surface area (Å²) in [6.07, 6.45) is 25.5. The second kappa shape index (κ2) is 26.7. The zero-order chi connectivity index (χ0) is 23.7. The molecule has 0 nitrogen and oxygen atoms in total. The summed E-state index contributed by atoms with van der Waals surface area (Å²) in [5.74, 6) is 5.03. The van der Waals surface area contributed by atoms with Crippen LogP contribution in [0, 0.1) is 0 Å². The van der Waals surface area contributed by atoms with Crippen LogP contribution in [0.25, 0.3) is 0 Å². The largest absolute Gasteiger partial charge is 0.211 e. The van der Waals surface area contributed by atoms with Crippen LogP contribution in [-0.4, -0.2) is 33.7 Å². The molecule has 0 aromatic rings. The Balaban J connectivity index is 4.95. The van der Waals surface area contributed by atoms with E-state index in [9.17, 15) is 0 Å². The summed E-state index contributed by atoms with van der Waals surface area (Å²) in [7, 11) is 0. The van der Waals surface area contributed by atoms with Gasteiger partial charge in [0, 0.05) is 0 Å². The molecule has 4 heteroatoms. The number of thioether (sulfide) groups is 2. The van der Waals surface area contributed by atoms with Gasteiger partial charge in [-0.1, -0.05) is 118 Å². The summed E-state index contributed by atoms with van der Waals surface area (Å²) in [5.41, 5.74) is 0. The lowest BCUT2D eigenvalue weighted by Gasteiger charge is -2.25. The zero-order valence-corrected chi connectivity index (χ0v) is 25.3. The van der Waals surface area contributed by atoms with Gasteiger partial charge in [-0.3, -0.25) is 0 Å². The Labute approximate surface area is 218 Å². The Bertz CT molecular complexity index is 326. The molecule has 0 fully saturated rings. The highest BCUT2D eigenvalue weighted by Crippen LogP contribution is 2.34. The van der Waals surface area contributed by atoms with Gasteiger partial charge in [0.2, 0.25) is 5.99 Å². The lowest BCUT2D eigenvalue weighted by molar-refractivity contribution is 0.624. The molecular formula is C28H59BS3. The molecule has 0 aromatic heterocycles. The van der Waals surface area contributed by atoms with Gasteiger partial charge in [-0.25, -0.2) is 11.6 Å². The molecule has 0 amide bonds. The van der Waals surface area contributed by atoms with Gasteiger partial charge >= 0.3 is 0 Å². The van der Waals surface area contributed by atoms with E-state index in [0.29, 0.717) is 0 Å². The first kappa shape index (κ1) is 33.1. The van der Waals surface area contributed by atoms with Crippen molar-refractivity contribution in [2.45, 2.75) is 160 Å². The van der Waals surface area contributed by atoms with Crippen molar-refractivity contribution in [1.82, 2.24) is 0 Å². The molecule has 2 atom stereocenters. The minimum Gasteiger partial charge on any atom is -0.210 e. The highest BCUT2D eigenvalue weighted by atomic mass is 32.2. The third kappa shape index (κ3) is 21.6. The smallest absolute Gasteiger partial charge is 0.210 e. The molecule has 2 unspecified atom stereocenters. The van der Waals surface area contributed by atoms with Crippen molar-refractivity contribution in [1.29, 1.82) is 0 Å². The second-order valence-corrected chi connectivity index (χ2v) is 13.9. The van der Waals surface area contributed by atoms with E-state index in [-0.39, 0.29) is 0 Å². The summed E-state index contributed by atoms with van der Waals surface area (Å²) in [6.45, 7) is 11.7. The van der Waals surface area contributed by atoms with Crippen molar-refractivity contribution >= 4 is 41.1 Å². The third-order valence-corrected chi connectivity index (χ3v) is 10.6. The molecule has 0 bridgehead atoms. The minimum atomic E-state index is 0.886. The second-order valence-electron chi connectivity index (χ2n) is 9.71. The Morgan fingerprint density at radius 3 is 1.28 bits per heavy atom. The van der Waals surface area contributed by atoms with Crippen LogP contribution >= 0.6 is 35.1 Å². The molecule has 0 aliphatic rings. The van der Waals surface area contributed by atoms with E-state index in [2.05, 4.69) is 69.8 Å². The van der Waals surface area contributed by atoms with E-state index in [1.54, 1.807) is 0 Å². The molecule has 32 heavy (non-hydrogen) atoms. The van der Waals surface area contributed by atoms with Crippen LogP contribution in [0.4, 0.5) is 0 Å². The average molecular weight is 503 g/mol. The molecule has 0 radical (unpaired) electrons. The standard InChI is InChI=1S/C28H59BS3/c1-6-11-16-18-20-27(30-22-13-8-3)25-29(32-24-15-10-5)26-28(31-23-14-9-4)21-19-17-12-7-2/h27-28H,6-26H2,1-5H3. The fraction of sp³-hybridized carbons (Fsp3) is 1.00. The maximum absolute atomic E-state index is 2.35. The highest BCUT2D eigenvalue weighted by molar-refractivity contribution is 8.25. The predicted molar refractivity (Wildman–Crippen MR) is 163 cm³/mol. The van der Waals surface area contributed by atoms with Gasteiger partial charge in [-0.15, -0.1) is 0 Å². The summed E-state index contributed by atoms with van der Waals surface area (Å²) in [5, 5.41) is 1.80. The van der Waals surface area contributed by atoms with Gasteiger partial charge in [0.15, 0.2) is 0 Å². The van der Waals surface area contributed by atoms with Crippen molar-refractivity contribution < 1.29 is 0 Å². The molecule has 0 aromatic carbocycles. The lowest BCUT2D eigenvalue weighted by atomic mass is 9.65. The van der Waals surface area contributed by atoms with Gasteiger partial charge < -0.3 is 0 Å². The van der Waals surface area contributed by atoms with E-state index in [1.807, 2.05) is 0 Å². The van der Waals surface area contributed by atoms with E-state index < -0.39 is 0 Å². The van der Waals surface area contributed by atoms with E-state index in [1.165, 1.54) is 133 Å². The highest BCUT2D eigenvalue weighted by Gasteiger charge is 2.24. The van der Waals surface area contributed by atoms with Gasteiger partial charge in [0.1, 0.15) is 0 Å². The number of rotatable bonds is 26. The summed E-state index contributed by atoms with van der Waals surface area (Å²) in [6, 6.07) is 0. The molecule has 0 saturated heterocycles. The normalized spacial score (nSPS) is 13.4. The number of unbranched alkanes of at least 4 members (excludes halogenated alkanes) is 9. The maximum Gasteiger partial charge on any atom is 0.211 e. The Kier molecular flexibility index (Phi) is 27.6. The SMILES string of the molecule is CCCCCCC(CB(CC(CCCCCC)SCCCC)SCCCC)SCCCC. The summed E-state index contributed by atoms with van der Waals surface area (Å²) >= 11 is 6.99. The van der Waals surface area contributed by atoms with Crippen LogP contribution in [0.5, 0.6) is 0 Å². The summed E-state index contributed by atoms with van der Waals surface area (Å²) in [4.78, 5) is 0. The lowest BCUT2D eigenvalue weighted by Crippen LogP contribution is -2.22. The van der Waals surface area contributed by atoms with Crippen molar-refractivity contribution in [2.75, 3.05) is 17.3 Å². The summed E-state index contributed by atoms with van der Waals surface area (Å²) < 4.78 is 0. The first-order valence-electron chi connectivity index (χ1n) is 14.6. The topological polar surface area (TPSA) is 0 Å². The number of hydrogen-bond donors (Lipinski definition) is 0. The predicted octanol–water partition coefficient (Wildman–Crippen LogP) is 11.3. The van der Waals surface area contributed by atoms with Crippen LogP contribution in [-0.2, 0) is 0 Å². The van der Waals surface area contributed by atoms with Crippen LogP contribution in [0.1, 0.15) is 137 Å². The molecule has 0 rings (SSSR count). The van der Waals surface area contributed by atoms with E-state index in [0.717, 1.165) is 16.5 Å². The van der Waals surface area contributed by atoms with Gasteiger partial charge in [-0.2, -0.15) is 23.5 Å². The third-order valence-electron chi connectivity index (χ3n) is 6.37. The molecule has 0 N–H and O–H groups in total. The van der Waals surface area contributed by atoms with Crippen molar-refractivity contribution in [3.8, 4) is 0 Å². The molecule has 0 aliphatic carbocycles. The molecule has 0 heterocycles. The Morgan fingerprint density at radius 1 is 0.469 bits per heavy atom. The van der Waals surface area contributed by atoms with Crippen LogP contribution < -0.4 is 0 Å². The average Bonchev–Trinajstić information content (AvgIpc) is 2.79. The van der Waals surface area contributed by atoms with Crippen LogP contribution in [0.15, 0.2) is 0 Å². The fourth-order valence-electron chi connectivity index (χ4n) is 4.14. The fourth-order valence-corrected chi connectivity index (χ4v) is 8.89. The van der Waals surface area contributed by atoms with E-state index in [4.69, 9.17) is 0 Å². The molecule has 0 saturated carbocycles.